The van der Waals surface area contributed by atoms with Crippen LogP contribution in [-0.2, 0) is 17.7 Å². The Morgan fingerprint density at radius 2 is 0.538 bits per heavy atom. The summed E-state index contributed by atoms with van der Waals surface area (Å²) in [4.78, 5) is 0. The van der Waals surface area contributed by atoms with Crippen molar-refractivity contribution in [2.45, 2.75) is 59.7 Å². The van der Waals surface area contributed by atoms with Crippen molar-refractivity contribution < 1.29 is 110 Å². The average Bonchev–Trinajstić information content (AvgIpc) is 2.75. The summed E-state index contributed by atoms with van der Waals surface area (Å²) in [5, 5.41) is 0. The molecule has 0 bridgehead atoms. The third kappa shape index (κ3) is 4.89. The van der Waals surface area contributed by atoms with Crippen molar-refractivity contribution in [3.8, 4) is 0 Å². The SMILES string of the molecule is CO[Si](OC)(OC)OC(F)(F)C(F)(F)C(F)(F)C(F)(F)C(F)(F)C(F)(F)C(F)(F)C(F)(F)C(F)(F)C(F)(F)F. The van der Waals surface area contributed by atoms with E-state index in [-0.39, 0.29) is 21.3 Å². The first kappa shape index (κ1) is 37.6. The maximum atomic E-state index is 13.8. The van der Waals surface area contributed by atoms with Crippen molar-refractivity contribution in [2.75, 3.05) is 21.3 Å². The first-order valence-corrected chi connectivity index (χ1v) is 10.1. The van der Waals surface area contributed by atoms with Gasteiger partial charge in [0.15, 0.2) is 0 Å². The Kier molecular flexibility index (Phi) is 9.49. The summed E-state index contributed by atoms with van der Waals surface area (Å²) < 4.78 is 293. The zero-order valence-corrected chi connectivity index (χ0v) is 19.1. The predicted octanol–water partition coefficient (Wildman–Crippen LogP) is 6.62. The van der Waals surface area contributed by atoms with E-state index in [9.17, 15) is 92.2 Å². The lowest BCUT2D eigenvalue weighted by Gasteiger charge is -2.44. The van der Waals surface area contributed by atoms with Gasteiger partial charge in [-0.05, 0) is 0 Å². The fraction of sp³-hybridized carbons (Fsp3) is 1.00. The molecule has 0 aliphatic heterocycles. The Hall–Kier alpha value is -1.41. The molecule has 0 saturated heterocycles. The van der Waals surface area contributed by atoms with Crippen LogP contribution in [0, 0.1) is 0 Å². The van der Waals surface area contributed by atoms with E-state index in [2.05, 4.69) is 17.7 Å². The summed E-state index contributed by atoms with van der Waals surface area (Å²) in [5.41, 5.74) is 0. The maximum absolute atomic E-state index is 13.8. The zero-order chi connectivity index (χ0) is 32.3. The van der Waals surface area contributed by atoms with Crippen molar-refractivity contribution in [1.82, 2.24) is 0 Å². The lowest BCUT2D eigenvalue weighted by molar-refractivity contribution is -0.482. The first-order valence-electron chi connectivity index (χ1n) is 8.46. The molecule has 0 saturated carbocycles. The molecule has 236 valence electrons. The number of rotatable bonds is 13. The molecule has 0 spiro atoms. The van der Waals surface area contributed by atoms with Crippen LogP contribution in [0.3, 0.4) is 0 Å². The van der Waals surface area contributed by atoms with Gasteiger partial charge in [-0.2, -0.15) is 92.2 Å². The minimum atomic E-state index is -9.25. The summed E-state index contributed by atoms with van der Waals surface area (Å²) in [7, 11) is -5.31. The van der Waals surface area contributed by atoms with Gasteiger partial charge in [-0.3, -0.25) is 4.43 Å². The standard InChI is InChI=1S/C13H9F21O4Si/c1-35-39(36-2,37-3)38-13(33,34)11(28,29)9(24,25)7(20,21)5(16,17)4(14,15)6(18,19)8(22,23)10(26,27)12(30,31)32/h1-3H3. The lowest BCUT2D eigenvalue weighted by atomic mass is 9.87. The summed E-state index contributed by atoms with van der Waals surface area (Å²) in [6.45, 7) is 0. The Morgan fingerprint density at radius 3 is 0.744 bits per heavy atom. The highest BCUT2D eigenvalue weighted by molar-refractivity contribution is 6.53. The van der Waals surface area contributed by atoms with Crippen molar-refractivity contribution in [2.24, 2.45) is 0 Å². The molecule has 39 heavy (non-hydrogen) atoms. The predicted molar refractivity (Wildman–Crippen MR) is 78.4 cm³/mol. The molecule has 0 aromatic rings. The molecule has 0 aromatic heterocycles. The number of halogens is 21. The van der Waals surface area contributed by atoms with E-state index in [1.54, 1.807) is 0 Å². The van der Waals surface area contributed by atoms with Gasteiger partial charge < -0.3 is 13.3 Å². The Bertz CT molecular complexity index is 856. The van der Waals surface area contributed by atoms with E-state index in [0.717, 1.165) is 0 Å². The lowest BCUT2D eigenvalue weighted by Crippen LogP contribution is -2.77. The molecule has 26 heteroatoms. The largest absolute Gasteiger partial charge is 0.683 e. The van der Waals surface area contributed by atoms with E-state index in [0.29, 0.717) is 0 Å². The van der Waals surface area contributed by atoms with Crippen LogP contribution in [0.1, 0.15) is 0 Å². The van der Waals surface area contributed by atoms with Gasteiger partial charge in [-0.25, -0.2) is 0 Å². The molecule has 0 fully saturated rings. The minimum absolute atomic E-state index is 0.174. The van der Waals surface area contributed by atoms with E-state index < -0.39 is 68.7 Å². The summed E-state index contributed by atoms with van der Waals surface area (Å²) in [6, 6.07) is 0. The van der Waals surface area contributed by atoms with Gasteiger partial charge in [-0.15, -0.1) is 0 Å². The van der Waals surface area contributed by atoms with E-state index in [1.807, 2.05) is 0 Å². The molecule has 0 heterocycles. The molecule has 0 aromatic carbocycles. The van der Waals surface area contributed by atoms with Crippen LogP contribution in [-0.4, -0.2) is 90.0 Å². The van der Waals surface area contributed by atoms with E-state index in [4.69, 9.17) is 0 Å². The van der Waals surface area contributed by atoms with E-state index >= 15 is 0 Å². The van der Waals surface area contributed by atoms with Crippen LogP contribution >= 0.6 is 0 Å². The van der Waals surface area contributed by atoms with Crippen LogP contribution in [0.4, 0.5) is 92.2 Å². The fourth-order valence-electron chi connectivity index (χ4n) is 2.14. The van der Waals surface area contributed by atoms with E-state index in [1.165, 1.54) is 0 Å². The fourth-order valence-corrected chi connectivity index (χ4v) is 3.33. The summed E-state index contributed by atoms with van der Waals surface area (Å²) >= 11 is 0. The second-order valence-corrected chi connectivity index (χ2v) is 9.25. The zero-order valence-electron chi connectivity index (χ0n) is 18.1. The molecule has 0 rings (SSSR count). The minimum Gasteiger partial charge on any atom is -0.354 e. The van der Waals surface area contributed by atoms with Gasteiger partial charge in [0.2, 0.25) is 0 Å². The van der Waals surface area contributed by atoms with Gasteiger partial charge >= 0.3 is 68.7 Å². The number of alkyl halides is 21. The molecule has 0 amide bonds. The van der Waals surface area contributed by atoms with Crippen LogP contribution in [0.25, 0.3) is 0 Å². The highest BCUT2D eigenvalue weighted by Crippen LogP contribution is 2.66. The molecular weight excluding hydrogens is 647 g/mol. The van der Waals surface area contributed by atoms with Crippen molar-refractivity contribution in [3.05, 3.63) is 0 Å². The van der Waals surface area contributed by atoms with Crippen LogP contribution in [0.5, 0.6) is 0 Å². The van der Waals surface area contributed by atoms with Crippen LogP contribution in [0.15, 0.2) is 0 Å². The number of hydrogen-bond acceptors (Lipinski definition) is 4. The molecule has 0 atom stereocenters. The highest BCUT2D eigenvalue weighted by atomic mass is 28.4. The maximum Gasteiger partial charge on any atom is 0.683 e. The first-order chi connectivity index (χ1) is 16.6. The third-order valence-corrected chi connectivity index (χ3v) is 6.49. The average molecular weight is 656 g/mol. The monoisotopic (exact) mass is 656 g/mol. The summed E-state index contributed by atoms with van der Waals surface area (Å²) in [6.07, 6.45) is -15.4. The second-order valence-electron chi connectivity index (χ2n) is 6.82. The second kappa shape index (κ2) is 9.85. The topological polar surface area (TPSA) is 36.9 Å². The molecule has 0 unspecified atom stereocenters. The molecule has 0 aliphatic rings. The van der Waals surface area contributed by atoms with Gasteiger partial charge in [0, 0.05) is 21.3 Å². The molecule has 0 N–H and O–H groups in total. The van der Waals surface area contributed by atoms with Gasteiger partial charge in [0.05, 0.1) is 0 Å². The van der Waals surface area contributed by atoms with Crippen LogP contribution in [0.2, 0.25) is 0 Å². The number of hydrogen-bond donors (Lipinski definition) is 0. The Morgan fingerprint density at radius 1 is 0.333 bits per heavy atom. The quantitative estimate of drug-likeness (QED) is 0.165. The molecule has 4 nitrogen and oxygen atoms in total. The third-order valence-electron chi connectivity index (χ3n) is 4.49. The van der Waals surface area contributed by atoms with Crippen molar-refractivity contribution in [1.29, 1.82) is 0 Å². The van der Waals surface area contributed by atoms with Crippen molar-refractivity contribution in [3.63, 3.8) is 0 Å². The molecule has 0 aliphatic carbocycles. The molecule has 0 radical (unpaired) electrons. The smallest absolute Gasteiger partial charge is 0.354 e. The normalized spacial score (nSPS) is 16.6. The summed E-state index contributed by atoms with van der Waals surface area (Å²) in [5.74, 6) is -71.2. The van der Waals surface area contributed by atoms with Gasteiger partial charge in [0.25, 0.3) is 0 Å². The highest BCUT2D eigenvalue weighted by Gasteiger charge is 2.98. The van der Waals surface area contributed by atoms with Crippen LogP contribution < -0.4 is 0 Å². The Balaban J connectivity index is 7.10. The Labute approximate surface area is 201 Å². The van der Waals surface area contributed by atoms with Crippen molar-refractivity contribution >= 4 is 9.05 Å². The van der Waals surface area contributed by atoms with Gasteiger partial charge in [-0.1, -0.05) is 0 Å². The van der Waals surface area contributed by atoms with Gasteiger partial charge in [0.1, 0.15) is 0 Å². The molecular formula is C13H9F21O4Si.